The molecule has 1 aromatic carbocycles. The molecule has 1 aliphatic heterocycles. The summed E-state index contributed by atoms with van der Waals surface area (Å²) in [6, 6.07) is 6.50. The van der Waals surface area contributed by atoms with Crippen LogP contribution in [0, 0.1) is 5.82 Å². The molecular formula is C15H14F3N5O4. The van der Waals surface area contributed by atoms with Crippen molar-refractivity contribution in [2.45, 2.75) is 13.2 Å². The first-order valence-corrected chi connectivity index (χ1v) is 7.56. The van der Waals surface area contributed by atoms with Crippen LogP contribution < -0.4 is 20.5 Å². The number of halogens is 3. The number of carbonyl (C=O) groups is 1. The van der Waals surface area contributed by atoms with Crippen LogP contribution in [0.3, 0.4) is 0 Å². The Labute approximate surface area is 150 Å². The van der Waals surface area contributed by atoms with Crippen LogP contribution in [-0.4, -0.2) is 39.6 Å². The molecule has 0 bridgehead atoms. The van der Waals surface area contributed by atoms with Crippen LogP contribution in [0.15, 0.2) is 30.3 Å². The minimum Gasteiger partial charge on any atom is -0.506 e. The molecule has 12 heteroatoms. The first-order valence-electron chi connectivity index (χ1n) is 7.56. The zero-order valence-corrected chi connectivity index (χ0v) is 13.6. The Morgan fingerprint density at radius 1 is 1.37 bits per heavy atom. The SMILES string of the molecule is O=C1CN(c2c(O)cc(CNc3cccc(OC(F)F)n3)cc2F)N(O)N1. The Morgan fingerprint density at radius 2 is 2.15 bits per heavy atom. The van der Waals surface area contributed by atoms with Crippen molar-refractivity contribution in [2.24, 2.45) is 0 Å². The number of hydrazine groups is 2. The standard InChI is InChI=1S/C15H14F3N5O4/c16-9-4-8(5-10(24)14(9)22-7-12(25)21-23(22)26)6-19-11-2-1-3-13(20-11)27-15(17)18/h1-5,15,24,26H,6-7H2,(H,19,20)(H,21,25). The fraction of sp³-hybridized carbons (Fsp3) is 0.200. The third-order valence-corrected chi connectivity index (χ3v) is 3.51. The lowest BCUT2D eigenvalue weighted by atomic mass is 10.1. The van der Waals surface area contributed by atoms with Crippen molar-refractivity contribution in [3.8, 4) is 11.6 Å². The Morgan fingerprint density at radius 3 is 2.78 bits per heavy atom. The van der Waals surface area contributed by atoms with E-state index in [1.165, 1.54) is 24.3 Å². The number of alkyl halides is 2. The largest absolute Gasteiger partial charge is 0.506 e. The first-order chi connectivity index (χ1) is 12.8. The van der Waals surface area contributed by atoms with Crippen molar-refractivity contribution < 1.29 is 33.0 Å². The van der Waals surface area contributed by atoms with E-state index in [-0.39, 0.29) is 35.8 Å². The van der Waals surface area contributed by atoms with E-state index in [1.54, 1.807) is 0 Å². The molecule has 0 saturated carbocycles. The topological polar surface area (TPSA) is 110 Å². The molecular weight excluding hydrogens is 371 g/mol. The first kappa shape index (κ1) is 18.5. The average molecular weight is 385 g/mol. The molecule has 1 aromatic heterocycles. The highest BCUT2D eigenvalue weighted by Crippen LogP contribution is 2.33. The fourth-order valence-corrected chi connectivity index (χ4v) is 2.44. The molecule has 2 heterocycles. The maximum atomic E-state index is 14.4. The highest BCUT2D eigenvalue weighted by atomic mass is 19.3. The molecule has 3 rings (SSSR count). The summed E-state index contributed by atoms with van der Waals surface area (Å²) in [6.45, 7) is -3.38. The third kappa shape index (κ3) is 4.30. The van der Waals surface area contributed by atoms with Gasteiger partial charge >= 0.3 is 6.61 Å². The van der Waals surface area contributed by atoms with Crippen LogP contribution in [0.4, 0.5) is 24.7 Å². The summed E-state index contributed by atoms with van der Waals surface area (Å²) >= 11 is 0. The summed E-state index contributed by atoms with van der Waals surface area (Å²) in [4.78, 5) is 15.1. The summed E-state index contributed by atoms with van der Waals surface area (Å²) in [5.41, 5.74) is 1.93. The second-order valence-electron chi connectivity index (χ2n) is 5.42. The molecule has 4 N–H and O–H groups in total. The lowest BCUT2D eigenvalue weighted by Crippen LogP contribution is -2.39. The highest BCUT2D eigenvalue weighted by molar-refractivity contribution is 5.84. The van der Waals surface area contributed by atoms with Gasteiger partial charge in [-0.2, -0.15) is 13.8 Å². The zero-order valence-electron chi connectivity index (χ0n) is 13.6. The van der Waals surface area contributed by atoms with Gasteiger partial charge in [-0.15, -0.1) is 0 Å². The molecule has 1 fully saturated rings. The van der Waals surface area contributed by atoms with E-state index in [1.807, 2.05) is 5.43 Å². The summed E-state index contributed by atoms with van der Waals surface area (Å²) in [5.74, 6) is -2.06. The molecule has 0 atom stereocenters. The molecule has 0 spiro atoms. The lowest BCUT2D eigenvalue weighted by Gasteiger charge is -2.23. The molecule has 144 valence electrons. The summed E-state index contributed by atoms with van der Waals surface area (Å²) in [7, 11) is 0. The quantitative estimate of drug-likeness (QED) is 0.594. The van der Waals surface area contributed by atoms with Crippen LogP contribution in [0.25, 0.3) is 0 Å². The number of aromatic hydroxyl groups is 1. The van der Waals surface area contributed by atoms with Crippen molar-refractivity contribution in [2.75, 3.05) is 16.9 Å². The van der Waals surface area contributed by atoms with Gasteiger partial charge in [-0.1, -0.05) is 6.07 Å². The van der Waals surface area contributed by atoms with Gasteiger partial charge < -0.3 is 15.2 Å². The van der Waals surface area contributed by atoms with Gasteiger partial charge in [-0.25, -0.2) is 14.8 Å². The Balaban J connectivity index is 1.72. The maximum Gasteiger partial charge on any atom is 0.388 e. The zero-order chi connectivity index (χ0) is 19.6. The van der Waals surface area contributed by atoms with E-state index in [9.17, 15) is 28.3 Å². The van der Waals surface area contributed by atoms with Gasteiger partial charge in [0.2, 0.25) is 5.88 Å². The monoisotopic (exact) mass is 385 g/mol. The average Bonchev–Trinajstić information content (AvgIpc) is 2.90. The predicted molar refractivity (Wildman–Crippen MR) is 85.4 cm³/mol. The van der Waals surface area contributed by atoms with Crippen LogP contribution in [-0.2, 0) is 11.3 Å². The fourth-order valence-electron chi connectivity index (χ4n) is 2.44. The van der Waals surface area contributed by atoms with Crippen molar-refractivity contribution in [3.05, 3.63) is 41.7 Å². The minimum atomic E-state index is -3.01. The maximum absolute atomic E-state index is 14.4. The predicted octanol–water partition coefficient (Wildman–Crippen LogP) is 1.60. The number of hydrogen-bond acceptors (Lipinski definition) is 8. The molecule has 0 aliphatic carbocycles. The van der Waals surface area contributed by atoms with E-state index in [0.29, 0.717) is 5.56 Å². The number of carbonyl (C=O) groups excluding carboxylic acids is 1. The molecule has 2 aromatic rings. The van der Waals surface area contributed by atoms with Gasteiger partial charge in [0.05, 0.1) is 0 Å². The van der Waals surface area contributed by atoms with Crippen molar-refractivity contribution in [1.82, 2.24) is 15.7 Å². The Kier molecular flexibility index (Phi) is 5.19. The number of phenolic OH excluding ortho intramolecular Hbond substituents is 1. The normalized spacial score (nSPS) is 14.6. The van der Waals surface area contributed by atoms with E-state index in [2.05, 4.69) is 15.0 Å². The van der Waals surface area contributed by atoms with Crippen LogP contribution in [0.1, 0.15) is 5.56 Å². The van der Waals surface area contributed by atoms with Crippen LogP contribution >= 0.6 is 0 Å². The van der Waals surface area contributed by atoms with Gasteiger partial charge in [0.1, 0.15) is 23.8 Å². The number of pyridine rings is 1. The third-order valence-electron chi connectivity index (χ3n) is 3.51. The van der Waals surface area contributed by atoms with Gasteiger partial charge in [0.15, 0.2) is 5.82 Å². The second kappa shape index (κ2) is 7.55. The van der Waals surface area contributed by atoms with Crippen molar-refractivity contribution in [1.29, 1.82) is 0 Å². The Bertz CT molecular complexity index is 831. The highest BCUT2D eigenvalue weighted by Gasteiger charge is 2.31. The molecule has 9 nitrogen and oxygen atoms in total. The van der Waals surface area contributed by atoms with E-state index in [4.69, 9.17) is 0 Å². The van der Waals surface area contributed by atoms with Crippen molar-refractivity contribution >= 4 is 17.4 Å². The number of amides is 1. The Hall–Kier alpha value is -3.25. The summed E-state index contributed by atoms with van der Waals surface area (Å²) < 4.78 is 43.0. The molecule has 1 amide bonds. The van der Waals surface area contributed by atoms with Crippen LogP contribution in [0.2, 0.25) is 0 Å². The smallest absolute Gasteiger partial charge is 0.388 e. The molecule has 0 radical (unpaired) electrons. The number of anilines is 2. The molecule has 1 aliphatic rings. The number of nitrogens with one attached hydrogen (secondary N) is 2. The molecule has 1 saturated heterocycles. The van der Waals surface area contributed by atoms with Gasteiger partial charge in [0.25, 0.3) is 5.91 Å². The van der Waals surface area contributed by atoms with Gasteiger partial charge in [-0.05, 0) is 29.0 Å². The summed E-state index contributed by atoms with van der Waals surface area (Å²) in [6.07, 6.45) is 0. The number of hydrogen-bond donors (Lipinski definition) is 4. The van der Waals surface area contributed by atoms with Gasteiger partial charge in [-0.3, -0.25) is 10.0 Å². The summed E-state index contributed by atoms with van der Waals surface area (Å²) in [5, 5.41) is 23.5. The van der Waals surface area contributed by atoms with Crippen LogP contribution in [0.5, 0.6) is 11.6 Å². The van der Waals surface area contributed by atoms with Gasteiger partial charge in [0, 0.05) is 12.6 Å². The number of nitrogens with zero attached hydrogens (tertiary/aromatic N) is 3. The van der Waals surface area contributed by atoms with E-state index < -0.39 is 24.1 Å². The number of benzene rings is 1. The molecule has 27 heavy (non-hydrogen) atoms. The molecule has 0 unspecified atom stereocenters. The minimum absolute atomic E-state index is 0.00983. The second-order valence-corrected chi connectivity index (χ2v) is 5.42. The number of phenols is 1. The lowest BCUT2D eigenvalue weighted by molar-refractivity contribution is -0.144. The van der Waals surface area contributed by atoms with E-state index >= 15 is 0 Å². The van der Waals surface area contributed by atoms with Crippen molar-refractivity contribution in [3.63, 3.8) is 0 Å². The van der Waals surface area contributed by atoms with E-state index in [0.717, 1.165) is 11.1 Å². The number of aromatic nitrogens is 1. The number of rotatable bonds is 6. The number of ether oxygens (including phenoxy) is 1.